The van der Waals surface area contributed by atoms with Crippen LogP contribution in [-0.4, -0.2) is 35.6 Å². The smallest absolute Gasteiger partial charge is 0.271 e. The molecule has 0 aliphatic heterocycles. The third kappa shape index (κ3) is 6.40. The van der Waals surface area contributed by atoms with Gasteiger partial charge in [0, 0.05) is 19.1 Å². The van der Waals surface area contributed by atoms with E-state index >= 15 is 0 Å². The molecule has 5 nitrogen and oxygen atoms in total. The molecule has 0 aliphatic rings. The van der Waals surface area contributed by atoms with Gasteiger partial charge >= 0.3 is 0 Å². The summed E-state index contributed by atoms with van der Waals surface area (Å²) in [5.41, 5.74) is 0.220. The molecule has 0 aliphatic carbocycles. The predicted octanol–water partition coefficient (Wildman–Crippen LogP) is 3.05. The first-order valence-electron chi connectivity index (χ1n) is 7.30. The van der Waals surface area contributed by atoms with Gasteiger partial charge in [0.2, 0.25) is 0 Å². The van der Waals surface area contributed by atoms with Crippen molar-refractivity contribution in [2.45, 2.75) is 40.0 Å². The van der Waals surface area contributed by atoms with Crippen LogP contribution in [0.3, 0.4) is 0 Å². The van der Waals surface area contributed by atoms with Gasteiger partial charge in [-0.1, -0.05) is 39.3 Å². The number of rotatable bonds is 8. The van der Waals surface area contributed by atoms with Crippen LogP contribution < -0.4 is 5.32 Å². The summed E-state index contributed by atoms with van der Waals surface area (Å²) >= 11 is 5.98. The van der Waals surface area contributed by atoms with E-state index in [1.54, 1.807) is 0 Å². The molecule has 0 atom stereocenters. The maximum Gasteiger partial charge on any atom is 0.271 e. The molecule has 6 heteroatoms. The average Bonchev–Trinajstić information content (AvgIpc) is 2.42. The Balaban J connectivity index is 2.43. The van der Waals surface area contributed by atoms with Crippen molar-refractivity contribution >= 4 is 17.5 Å². The van der Waals surface area contributed by atoms with Crippen LogP contribution >= 0.6 is 11.6 Å². The molecule has 0 radical (unpaired) electrons. The number of carbonyl (C=O) groups excluding carboxylic acids is 1. The summed E-state index contributed by atoms with van der Waals surface area (Å²) in [7, 11) is 0. The van der Waals surface area contributed by atoms with E-state index in [1.165, 1.54) is 6.20 Å². The number of halogens is 1. The monoisotopic (exact) mass is 313 g/mol. The first-order valence-corrected chi connectivity index (χ1v) is 7.68. The lowest BCUT2D eigenvalue weighted by molar-refractivity contribution is 0.0901. The molecular formula is C15H24ClN3O2. The van der Waals surface area contributed by atoms with E-state index in [4.69, 9.17) is 16.3 Å². The zero-order valence-electron chi connectivity index (χ0n) is 13.1. The molecule has 1 N–H and O–H groups in total. The van der Waals surface area contributed by atoms with Crippen LogP contribution in [0.15, 0.2) is 6.20 Å². The first kappa shape index (κ1) is 17.9. The number of amides is 1. The van der Waals surface area contributed by atoms with Crippen LogP contribution in [0.25, 0.3) is 0 Å². The summed E-state index contributed by atoms with van der Waals surface area (Å²) in [6.45, 7) is 9.86. The molecular weight excluding hydrogens is 290 g/mol. The molecule has 118 valence electrons. The topological polar surface area (TPSA) is 64.1 Å². The third-order valence-electron chi connectivity index (χ3n) is 2.87. The zero-order chi connectivity index (χ0) is 15.8. The van der Waals surface area contributed by atoms with Gasteiger partial charge in [0.25, 0.3) is 5.91 Å². The second-order valence-corrected chi connectivity index (χ2v) is 6.04. The summed E-state index contributed by atoms with van der Waals surface area (Å²) in [6, 6.07) is 0. The van der Waals surface area contributed by atoms with Crippen LogP contribution in [0.5, 0.6) is 0 Å². The van der Waals surface area contributed by atoms with Gasteiger partial charge in [0.1, 0.15) is 11.5 Å². The minimum absolute atomic E-state index is 0.146. The van der Waals surface area contributed by atoms with Gasteiger partial charge in [0.05, 0.1) is 17.8 Å². The summed E-state index contributed by atoms with van der Waals surface area (Å²) in [6.07, 6.45) is 2.49. The first-order chi connectivity index (χ1) is 9.91. The van der Waals surface area contributed by atoms with Gasteiger partial charge in [0.15, 0.2) is 0 Å². The quantitative estimate of drug-likeness (QED) is 0.749. The summed E-state index contributed by atoms with van der Waals surface area (Å²) in [5, 5.41) is 3.02. The Kier molecular flexibility index (Phi) is 7.61. The van der Waals surface area contributed by atoms with E-state index in [2.05, 4.69) is 29.1 Å². The maximum absolute atomic E-state index is 12.0. The van der Waals surface area contributed by atoms with E-state index in [0.29, 0.717) is 31.5 Å². The number of aromatic nitrogens is 2. The van der Waals surface area contributed by atoms with E-state index in [0.717, 1.165) is 6.42 Å². The van der Waals surface area contributed by atoms with E-state index in [9.17, 15) is 4.79 Å². The van der Waals surface area contributed by atoms with Gasteiger partial charge in [-0.05, 0) is 12.3 Å². The normalized spacial score (nSPS) is 11.2. The number of nitrogens with one attached hydrogen (secondary N) is 1. The molecule has 0 saturated carbocycles. The van der Waals surface area contributed by atoms with Crippen LogP contribution in [0.2, 0.25) is 5.02 Å². The Labute approximate surface area is 131 Å². The highest BCUT2D eigenvalue weighted by Gasteiger charge is 2.14. The van der Waals surface area contributed by atoms with Gasteiger partial charge < -0.3 is 10.1 Å². The lowest BCUT2D eigenvalue weighted by Gasteiger charge is -2.10. The minimum Gasteiger partial charge on any atom is -0.380 e. The number of ether oxygens (including phenoxy) is 1. The predicted molar refractivity (Wildman–Crippen MR) is 83.7 cm³/mol. The molecule has 0 fully saturated rings. The molecule has 0 bridgehead atoms. The molecule has 0 aromatic carbocycles. The van der Waals surface area contributed by atoms with Crippen molar-refractivity contribution in [2.24, 2.45) is 5.92 Å². The second kappa shape index (κ2) is 8.95. The summed E-state index contributed by atoms with van der Waals surface area (Å²) in [4.78, 5) is 20.4. The van der Waals surface area contributed by atoms with E-state index in [1.807, 2.05) is 13.8 Å². The molecule has 21 heavy (non-hydrogen) atoms. The van der Waals surface area contributed by atoms with Crippen molar-refractivity contribution in [2.75, 3.05) is 19.8 Å². The number of hydrogen-bond acceptors (Lipinski definition) is 4. The highest BCUT2D eigenvalue weighted by atomic mass is 35.5. The minimum atomic E-state index is -0.295. The Morgan fingerprint density at radius 2 is 2.05 bits per heavy atom. The van der Waals surface area contributed by atoms with Gasteiger partial charge in [-0.3, -0.25) is 4.79 Å². The Hall–Kier alpha value is -1.20. The standard InChI is InChI=1S/C15H24ClN3O2/c1-10(2)5-7-21-8-6-17-15(20)13-12(16)9-18-14(19-13)11(3)4/h9-11H,5-8H2,1-4H3,(H,17,20). The van der Waals surface area contributed by atoms with E-state index in [-0.39, 0.29) is 22.5 Å². The number of hydrogen-bond donors (Lipinski definition) is 1. The molecule has 1 heterocycles. The van der Waals surface area contributed by atoms with Crippen molar-refractivity contribution in [3.8, 4) is 0 Å². The van der Waals surface area contributed by atoms with Crippen molar-refractivity contribution < 1.29 is 9.53 Å². The van der Waals surface area contributed by atoms with Crippen molar-refractivity contribution in [3.63, 3.8) is 0 Å². The number of nitrogens with zero attached hydrogens (tertiary/aromatic N) is 2. The Morgan fingerprint density at radius 3 is 2.67 bits per heavy atom. The van der Waals surface area contributed by atoms with Crippen molar-refractivity contribution in [1.82, 2.24) is 15.3 Å². The lowest BCUT2D eigenvalue weighted by Crippen LogP contribution is -2.29. The van der Waals surface area contributed by atoms with Crippen LogP contribution in [0, 0.1) is 5.92 Å². The van der Waals surface area contributed by atoms with Gasteiger partial charge in [-0.2, -0.15) is 0 Å². The Morgan fingerprint density at radius 1 is 1.33 bits per heavy atom. The van der Waals surface area contributed by atoms with Gasteiger partial charge in [-0.15, -0.1) is 0 Å². The molecule has 1 aromatic heterocycles. The molecule has 1 rings (SSSR count). The fraction of sp³-hybridized carbons (Fsp3) is 0.667. The highest BCUT2D eigenvalue weighted by molar-refractivity contribution is 6.33. The summed E-state index contributed by atoms with van der Waals surface area (Å²) in [5.74, 6) is 1.08. The zero-order valence-corrected chi connectivity index (χ0v) is 13.9. The largest absolute Gasteiger partial charge is 0.380 e. The third-order valence-corrected chi connectivity index (χ3v) is 3.14. The van der Waals surface area contributed by atoms with Crippen LogP contribution in [0.1, 0.15) is 56.3 Å². The molecule has 0 unspecified atom stereocenters. The number of carbonyl (C=O) groups is 1. The second-order valence-electron chi connectivity index (χ2n) is 5.63. The summed E-state index contributed by atoms with van der Waals surface area (Å²) < 4.78 is 5.44. The van der Waals surface area contributed by atoms with Crippen molar-refractivity contribution in [3.05, 3.63) is 22.7 Å². The molecule has 1 aromatic rings. The van der Waals surface area contributed by atoms with E-state index < -0.39 is 0 Å². The molecule has 1 amide bonds. The SMILES string of the molecule is CC(C)CCOCCNC(=O)c1nc(C(C)C)ncc1Cl. The highest BCUT2D eigenvalue weighted by Crippen LogP contribution is 2.16. The molecule has 0 spiro atoms. The van der Waals surface area contributed by atoms with Crippen LogP contribution in [-0.2, 0) is 4.74 Å². The van der Waals surface area contributed by atoms with Crippen molar-refractivity contribution in [1.29, 1.82) is 0 Å². The van der Waals surface area contributed by atoms with Crippen LogP contribution in [0.4, 0.5) is 0 Å². The van der Waals surface area contributed by atoms with Gasteiger partial charge in [-0.25, -0.2) is 9.97 Å². The molecule has 0 saturated heterocycles. The fourth-order valence-corrected chi connectivity index (χ4v) is 1.74. The Bertz CT molecular complexity index is 464. The lowest BCUT2D eigenvalue weighted by atomic mass is 10.1. The average molecular weight is 314 g/mol. The maximum atomic E-state index is 12.0. The fourth-order valence-electron chi connectivity index (χ4n) is 1.56.